The number of carbonyl (C=O) groups excluding carboxylic acids is 5. The van der Waals surface area contributed by atoms with E-state index in [9.17, 15) is 54.7 Å². The van der Waals surface area contributed by atoms with E-state index in [0.29, 0.717) is 106 Å². The van der Waals surface area contributed by atoms with Gasteiger partial charge in [-0.05, 0) is 155 Å². The Morgan fingerprint density at radius 2 is 1.33 bits per heavy atom. The number of rotatable bonds is 27. The molecule has 10 rings (SSSR count). The summed E-state index contributed by atoms with van der Waals surface area (Å²) in [6.07, 6.45) is -3.84. The minimum absolute atomic E-state index is 0.0270. The van der Waals surface area contributed by atoms with Crippen LogP contribution in [0.3, 0.4) is 0 Å². The normalized spacial score (nSPS) is 18.2. The average molecular weight is 1380 g/mol. The second-order valence-electron chi connectivity index (χ2n) is 26.5. The predicted molar refractivity (Wildman–Crippen MR) is 361 cm³/mol. The van der Waals surface area contributed by atoms with Crippen molar-refractivity contribution in [3.63, 3.8) is 0 Å². The standard InChI is InChI=1S/C74H87F7N8O8S/c1-83(34-14-6-9-22-66(90)85(3)42-43-87-37-29-59(30-38-87)97-70(94)82-63-21-13-11-19-61(63)52-16-7-5-8-17-52)48-60-27-28-64(98-60)69(93)86(4)36-15-35-84(2)67(91)49-95-65-46-53-18-10-12-20-62(53)71(65)31-39-88(40-32-71)41-33-72(55-23-25-58(75)26-24-55)50-89(51-96-72)68(92)54-44-56(73(76,77)78)47-57(45-54)74(79,80)81/h5,7-8,10-13,16-21,23-28,44-45,47,59,65H,6,9,14-15,22,29-43,46,48-51H2,1-4H3,(H,82,94)/t65-,72+/m0/s1. The van der Waals surface area contributed by atoms with E-state index in [-0.39, 0.29) is 55.6 Å². The summed E-state index contributed by atoms with van der Waals surface area (Å²) in [5.74, 6) is -1.75. The van der Waals surface area contributed by atoms with Gasteiger partial charge in [0.15, 0.2) is 0 Å². The first kappa shape index (κ1) is 73.0. The molecule has 4 heterocycles. The molecule has 3 aliphatic heterocycles. The molecule has 1 spiro atoms. The molecule has 4 aliphatic rings. The highest BCUT2D eigenvalue weighted by atomic mass is 32.1. The summed E-state index contributed by atoms with van der Waals surface area (Å²) in [5.41, 5.74) is -0.219. The summed E-state index contributed by atoms with van der Waals surface area (Å²) >= 11 is 1.47. The average Bonchev–Trinajstić information content (AvgIpc) is 1.59. The number of likely N-dealkylation sites (tertiary alicyclic amines) is 2. The maximum atomic E-state index is 14.2. The van der Waals surface area contributed by atoms with E-state index >= 15 is 0 Å². The summed E-state index contributed by atoms with van der Waals surface area (Å²) in [6, 6.07) is 35.8. The number of benzene rings is 5. The number of likely N-dealkylation sites (N-methyl/N-ethyl adjacent to an activating group) is 2. The Hall–Kier alpha value is -7.74. The lowest BCUT2D eigenvalue weighted by Gasteiger charge is -2.44. The van der Waals surface area contributed by atoms with E-state index < -0.39 is 64.6 Å². The first-order valence-corrected chi connectivity index (χ1v) is 34.4. The van der Waals surface area contributed by atoms with Gasteiger partial charge in [-0.3, -0.25) is 24.5 Å². The Balaban J connectivity index is 0.605. The molecule has 24 heteroatoms. The molecule has 98 heavy (non-hydrogen) atoms. The third-order valence-electron chi connectivity index (χ3n) is 19.7. The van der Waals surface area contributed by atoms with Gasteiger partial charge >= 0.3 is 18.4 Å². The van der Waals surface area contributed by atoms with Crippen LogP contribution in [0.25, 0.3) is 11.1 Å². The number of fused-ring (bicyclic) bond motifs is 2. The zero-order chi connectivity index (χ0) is 69.8. The largest absolute Gasteiger partial charge is 0.446 e. The van der Waals surface area contributed by atoms with Crippen molar-refractivity contribution in [2.24, 2.45) is 0 Å². The third-order valence-corrected chi connectivity index (χ3v) is 20.8. The molecule has 1 N–H and O–H groups in total. The molecule has 0 bridgehead atoms. The van der Waals surface area contributed by atoms with E-state index in [1.165, 1.54) is 41.2 Å². The number of nitrogens with zero attached hydrogens (tertiary/aromatic N) is 7. The molecule has 16 nitrogen and oxygen atoms in total. The summed E-state index contributed by atoms with van der Waals surface area (Å²) in [7, 11) is 7.41. The number of thiophene rings is 1. The molecular formula is C74H87F7N8O8S. The van der Waals surface area contributed by atoms with E-state index in [4.69, 9.17) is 14.2 Å². The van der Waals surface area contributed by atoms with Crippen LogP contribution in [-0.2, 0) is 60.1 Å². The molecule has 1 aliphatic carbocycles. The van der Waals surface area contributed by atoms with Crippen molar-refractivity contribution in [2.45, 2.75) is 113 Å². The zero-order valence-electron chi connectivity index (χ0n) is 56.0. The quantitative estimate of drug-likeness (QED) is 0.0388. The number of halogens is 7. The van der Waals surface area contributed by atoms with Gasteiger partial charge < -0.3 is 48.5 Å². The number of ether oxygens (including phenoxy) is 3. The summed E-state index contributed by atoms with van der Waals surface area (Å²) in [6.45, 7) is 6.22. The van der Waals surface area contributed by atoms with Crippen molar-refractivity contribution in [3.8, 4) is 11.1 Å². The Labute approximate surface area is 572 Å². The second kappa shape index (κ2) is 32.5. The van der Waals surface area contributed by atoms with Crippen LogP contribution in [0.4, 0.5) is 41.2 Å². The minimum Gasteiger partial charge on any atom is -0.446 e. The van der Waals surface area contributed by atoms with Crippen molar-refractivity contribution in [2.75, 3.05) is 119 Å². The third kappa shape index (κ3) is 18.6. The molecule has 0 saturated carbocycles. The number of anilines is 1. The van der Waals surface area contributed by atoms with Crippen LogP contribution < -0.4 is 5.32 Å². The van der Waals surface area contributed by atoms with Crippen LogP contribution in [0.2, 0.25) is 0 Å². The second-order valence-corrected chi connectivity index (χ2v) is 27.7. The molecule has 1 aromatic heterocycles. The van der Waals surface area contributed by atoms with Gasteiger partial charge in [0.1, 0.15) is 30.9 Å². The number of unbranched alkanes of at least 4 members (excludes halogenated alkanes) is 2. The van der Waals surface area contributed by atoms with Crippen LogP contribution in [0, 0.1) is 5.82 Å². The first-order valence-electron chi connectivity index (χ1n) is 33.6. The van der Waals surface area contributed by atoms with Crippen molar-refractivity contribution in [1.82, 2.24) is 34.3 Å². The molecule has 3 fully saturated rings. The number of carbonyl (C=O) groups is 5. The van der Waals surface area contributed by atoms with Gasteiger partial charge in [-0.1, -0.05) is 91.3 Å². The Kier molecular flexibility index (Phi) is 24.2. The van der Waals surface area contributed by atoms with Gasteiger partial charge in [-0.15, -0.1) is 11.3 Å². The van der Waals surface area contributed by atoms with E-state index in [1.54, 1.807) is 23.9 Å². The lowest BCUT2D eigenvalue weighted by molar-refractivity contribution is -0.143. The van der Waals surface area contributed by atoms with Gasteiger partial charge in [-0.2, -0.15) is 26.3 Å². The van der Waals surface area contributed by atoms with Crippen LogP contribution in [0.1, 0.15) is 117 Å². The summed E-state index contributed by atoms with van der Waals surface area (Å²) in [4.78, 5) is 81.6. The summed E-state index contributed by atoms with van der Waals surface area (Å²) < 4.78 is 116. The van der Waals surface area contributed by atoms with Crippen LogP contribution in [-0.4, -0.2) is 190 Å². The van der Waals surface area contributed by atoms with E-state index in [0.717, 1.165) is 84.8 Å². The lowest BCUT2D eigenvalue weighted by atomic mass is 9.72. The van der Waals surface area contributed by atoms with Gasteiger partial charge in [0.2, 0.25) is 11.8 Å². The molecule has 526 valence electrons. The van der Waals surface area contributed by atoms with Crippen LogP contribution in [0.5, 0.6) is 0 Å². The zero-order valence-corrected chi connectivity index (χ0v) is 56.8. The van der Waals surface area contributed by atoms with Crippen molar-refractivity contribution in [3.05, 3.63) is 182 Å². The number of amides is 5. The number of alkyl halides is 6. The number of hydrogen-bond donors (Lipinski definition) is 1. The van der Waals surface area contributed by atoms with E-state index in [1.807, 2.05) is 90.8 Å². The molecule has 0 radical (unpaired) electrons. The Bertz CT molecular complexity index is 3660. The molecule has 3 saturated heterocycles. The number of hydrogen-bond acceptors (Lipinski definition) is 12. The molecule has 5 aromatic carbocycles. The fraction of sp³-hybridized carbons (Fsp3) is 0.473. The highest BCUT2D eigenvalue weighted by Crippen LogP contribution is 2.49. The molecular weight excluding hydrogens is 1290 g/mol. The predicted octanol–water partition coefficient (Wildman–Crippen LogP) is 13.1. The highest BCUT2D eigenvalue weighted by molar-refractivity contribution is 7.14. The minimum atomic E-state index is -5.15. The fourth-order valence-corrected chi connectivity index (χ4v) is 15.0. The number of nitrogens with one attached hydrogen (secondary N) is 1. The Morgan fingerprint density at radius 3 is 2.04 bits per heavy atom. The van der Waals surface area contributed by atoms with Gasteiger partial charge in [-0.25, -0.2) is 9.18 Å². The lowest BCUT2D eigenvalue weighted by Crippen LogP contribution is -2.50. The van der Waals surface area contributed by atoms with Crippen molar-refractivity contribution in [1.29, 1.82) is 0 Å². The molecule has 2 atom stereocenters. The summed E-state index contributed by atoms with van der Waals surface area (Å²) in [5, 5.41) is 2.93. The van der Waals surface area contributed by atoms with E-state index in [2.05, 4.69) is 39.2 Å². The molecule has 6 aromatic rings. The highest BCUT2D eigenvalue weighted by Gasteiger charge is 2.50. The first-order chi connectivity index (χ1) is 46.9. The smallest absolute Gasteiger partial charge is 0.416 e. The SMILES string of the molecule is CN(CCCCCC(=O)N(C)CCN1CCC(OC(=O)Nc2ccccc2-c2ccccc2)CC1)Cc1ccc(C(=O)N(C)CCCN(C)C(=O)CO[C@H]2Cc3ccccc3C23CCN(CC[C@]2(c4ccc(F)cc4)CN(C(=O)c4cc(C(F)(F)F)cc(C(F)(F)F)c4)CO2)CC3)s1. The Morgan fingerprint density at radius 1 is 0.673 bits per heavy atom. The van der Waals surface area contributed by atoms with Crippen molar-refractivity contribution >= 4 is 46.7 Å². The molecule has 0 unspecified atom stereocenters. The maximum absolute atomic E-state index is 14.2. The van der Waals surface area contributed by atoms with Crippen LogP contribution in [0.15, 0.2) is 133 Å². The van der Waals surface area contributed by atoms with Gasteiger partial charge in [0, 0.05) is 101 Å². The topological polar surface area (TPSA) is 148 Å². The number of para-hydroxylation sites is 1. The molecule has 5 amide bonds. The van der Waals surface area contributed by atoms with Gasteiger partial charge in [0.25, 0.3) is 11.8 Å². The van der Waals surface area contributed by atoms with Crippen molar-refractivity contribution < 1.29 is 68.9 Å². The monoisotopic (exact) mass is 1380 g/mol. The number of piperidine rings is 2. The van der Waals surface area contributed by atoms with Gasteiger partial charge in [0.05, 0.1) is 34.3 Å². The fourth-order valence-electron chi connectivity index (χ4n) is 13.9. The van der Waals surface area contributed by atoms with Crippen LogP contribution >= 0.6 is 11.3 Å². The maximum Gasteiger partial charge on any atom is 0.416 e.